The smallest absolute Gasteiger partial charge is 0.186 e. The summed E-state index contributed by atoms with van der Waals surface area (Å²) < 4.78 is 27.4. The van der Waals surface area contributed by atoms with E-state index in [2.05, 4.69) is 0 Å². The first-order valence-electron chi connectivity index (χ1n) is 12.0. The van der Waals surface area contributed by atoms with Gasteiger partial charge in [-0.15, -0.1) is 0 Å². The first-order valence-corrected chi connectivity index (χ1v) is 12.0. The molecule has 0 radical (unpaired) electrons. The quantitative estimate of drug-likeness (QED) is 0.216. The lowest BCUT2D eigenvalue weighted by Gasteiger charge is -2.38. The van der Waals surface area contributed by atoms with Crippen molar-refractivity contribution in [1.82, 2.24) is 0 Å². The molecule has 6 N–H and O–H groups in total. The molecule has 1 aliphatic rings. The number of aromatic hydroxyl groups is 1. The second kappa shape index (κ2) is 13.2. The number of phenols is 1. The summed E-state index contributed by atoms with van der Waals surface area (Å²) in [5.41, 5.74) is 1.30. The largest absolute Gasteiger partial charge is 0.504 e. The van der Waals surface area contributed by atoms with Crippen molar-refractivity contribution in [2.45, 2.75) is 62.7 Å². The first kappa shape index (κ1) is 28.9. The van der Waals surface area contributed by atoms with Crippen molar-refractivity contribution in [2.24, 2.45) is 0 Å². The highest BCUT2D eigenvalue weighted by Crippen LogP contribution is 2.34. The Kier molecular flexibility index (Phi) is 10.4. The van der Waals surface area contributed by atoms with Gasteiger partial charge in [0.05, 0.1) is 33.5 Å². The highest BCUT2D eigenvalue weighted by molar-refractivity contribution is 5.44. The van der Waals surface area contributed by atoms with E-state index in [0.717, 1.165) is 5.56 Å². The maximum absolute atomic E-state index is 10.8. The fourth-order valence-corrected chi connectivity index (χ4v) is 4.05. The Morgan fingerprint density at radius 3 is 2.32 bits per heavy atom. The molecule has 37 heavy (non-hydrogen) atoms. The third-order valence-corrected chi connectivity index (χ3v) is 6.28. The molecule has 11 nitrogen and oxygen atoms in total. The molecule has 1 fully saturated rings. The Hall–Kier alpha value is -2.64. The van der Waals surface area contributed by atoms with E-state index >= 15 is 0 Å². The van der Waals surface area contributed by atoms with Gasteiger partial charge in [-0.2, -0.15) is 0 Å². The van der Waals surface area contributed by atoms with Gasteiger partial charge in [0.25, 0.3) is 0 Å². The number of phenolic OH excluding ortho intramolecular Hbond substituents is 1. The van der Waals surface area contributed by atoms with E-state index in [4.69, 9.17) is 23.7 Å². The number of methoxy groups -OCH3 is 2. The van der Waals surface area contributed by atoms with Gasteiger partial charge in [0.2, 0.25) is 0 Å². The molecule has 0 aromatic heterocycles. The second-order valence-corrected chi connectivity index (χ2v) is 8.86. The summed E-state index contributed by atoms with van der Waals surface area (Å²) in [4.78, 5) is 0. The molecule has 1 heterocycles. The van der Waals surface area contributed by atoms with Gasteiger partial charge in [-0.05, 0) is 55.2 Å². The average molecular weight is 525 g/mol. The molecule has 206 valence electrons. The van der Waals surface area contributed by atoms with E-state index in [9.17, 15) is 30.6 Å². The van der Waals surface area contributed by atoms with E-state index in [1.165, 1.54) is 32.4 Å². The van der Waals surface area contributed by atoms with Crippen molar-refractivity contribution in [3.8, 4) is 23.0 Å². The van der Waals surface area contributed by atoms with Crippen LogP contribution in [-0.4, -0.2) is 94.9 Å². The Bertz CT molecular complexity index is 1000. The van der Waals surface area contributed by atoms with Gasteiger partial charge in [-0.25, -0.2) is 0 Å². The summed E-state index contributed by atoms with van der Waals surface area (Å²) in [6, 6.07) is 9.63. The van der Waals surface area contributed by atoms with Crippen LogP contribution in [0.25, 0.3) is 0 Å². The number of aliphatic hydroxyl groups is 5. The molecular weight excluding hydrogens is 488 g/mol. The monoisotopic (exact) mass is 524 g/mol. The van der Waals surface area contributed by atoms with Crippen LogP contribution in [0.1, 0.15) is 30.6 Å². The van der Waals surface area contributed by atoms with Gasteiger partial charge in [0, 0.05) is 0 Å². The van der Waals surface area contributed by atoms with Crippen LogP contribution in [0.2, 0.25) is 0 Å². The van der Waals surface area contributed by atoms with Crippen molar-refractivity contribution >= 4 is 0 Å². The van der Waals surface area contributed by atoms with Gasteiger partial charge in [0.15, 0.2) is 35.4 Å². The fourth-order valence-electron chi connectivity index (χ4n) is 4.05. The molecule has 7 atom stereocenters. The SMILES string of the molecule is COc1cc([C@@H](O)[C@H](CO)Oc2ccc(CCCO[C@@H]3O[C@@H](C)[C@H](O)[C@@H](O)[C@H]3O)cc2OC)ccc1O. The van der Waals surface area contributed by atoms with Crippen LogP contribution in [0.5, 0.6) is 23.0 Å². The Morgan fingerprint density at radius 2 is 1.65 bits per heavy atom. The zero-order valence-electron chi connectivity index (χ0n) is 21.1. The van der Waals surface area contributed by atoms with Gasteiger partial charge in [0.1, 0.15) is 24.4 Å². The minimum Gasteiger partial charge on any atom is -0.504 e. The number of aryl methyl sites for hydroxylation is 1. The molecule has 1 aliphatic heterocycles. The number of benzene rings is 2. The van der Waals surface area contributed by atoms with E-state index in [1.807, 2.05) is 6.07 Å². The van der Waals surface area contributed by atoms with Crippen LogP contribution >= 0.6 is 0 Å². The highest BCUT2D eigenvalue weighted by Gasteiger charge is 2.42. The van der Waals surface area contributed by atoms with Crippen LogP contribution in [0.15, 0.2) is 36.4 Å². The van der Waals surface area contributed by atoms with E-state index in [-0.39, 0.29) is 18.1 Å². The predicted octanol–water partition coefficient (Wildman–Crippen LogP) is 0.659. The standard InChI is InChI=1S/C26H36O11/c1-14-22(29)24(31)25(32)26(36-14)35-10-4-5-15-6-9-18(20(11-15)34-3)37-21(13-27)23(30)16-7-8-17(28)19(12-16)33-2/h6-9,11-12,14,21-32H,4-5,10,13H2,1-3H3/t14-,21-,22-,23+,24+,25+,26+/m0/s1. The lowest BCUT2D eigenvalue weighted by molar-refractivity contribution is -0.293. The molecule has 0 unspecified atom stereocenters. The predicted molar refractivity (Wildman–Crippen MR) is 131 cm³/mol. The van der Waals surface area contributed by atoms with Gasteiger partial charge >= 0.3 is 0 Å². The van der Waals surface area contributed by atoms with Crippen molar-refractivity contribution < 1.29 is 54.3 Å². The van der Waals surface area contributed by atoms with Crippen LogP contribution in [0.4, 0.5) is 0 Å². The molecule has 2 aromatic rings. The average Bonchev–Trinajstić information content (AvgIpc) is 2.91. The zero-order valence-corrected chi connectivity index (χ0v) is 21.1. The van der Waals surface area contributed by atoms with E-state index in [1.54, 1.807) is 19.1 Å². The summed E-state index contributed by atoms with van der Waals surface area (Å²) in [5, 5.41) is 60.1. The molecule has 1 saturated heterocycles. The van der Waals surface area contributed by atoms with Crippen LogP contribution in [-0.2, 0) is 15.9 Å². The van der Waals surface area contributed by atoms with Crippen molar-refractivity contribution in [2.75, 3.05) is 27.4 Å². The van der Waals surface area contributed by atoms with E-state index < -0.39 is 49.5 Å². The summed E-state index contributed by atoms with van der Waals surface area (Å²) in [7, 11) is 2.88. The molecule has 11 heteroatoms. The van der Waals surface area contributed by atoms with Crippen molar-refractivity contribution in [3.05, 3.63) is 47.5 Å². The molecule has 0 spiro atoms. The lowest BCUT2D eigenvalue weighted by Crippen LogP contribution is -2.57. The molecule has 2 aromatic carbocycles. The number of ether oxygens (including phenoxy) is 5. The number of rotatable bonds is 12. The summed E-state index contributed by atoms with van der Waals surface area (Å²) in [5.74, 6) is 0.846. The third kappa shape index (κ3) is 7.02. The fraction of sp³-hybridized carbons (Fsp3) is 0.538. The molecule has 0 bridgehead atoms. The molecule has 0 amide bonds. The number of aliphatic hydroxyl groups excluding tert-OH is 5. The summed E-state index contributed by atoms with van der Waals surface area (Å²) in [6.07, 6.45) is -6.63. The Labute approximate surface area is 215 Å². The molecule has 3 rings (SSSR count). The topological polar surface area (TPSA) is 168 Å². The molecule has 0 saturated carbocycles. The lowest BCUT2D eigenvalue weighted by atomic mass is 10.00. The Balaban J connectivity index is 1.58. The number of hydrogen-bond acceptors (Lipinski definition) is 11. The second-order valence-electron chi connectivity index (χ2n) is 8.86. The molecule has 0 aliphatic carbocycles. The normalized spacial score (nSPS) is 25.4. The number of hydrogen-bond donors (Lipinski definition) is 6. The van der Waals surface area contributed by atoms with Gasteiger partial charge in [-0.3, -0.25) is 0 Å². The van der Waals surface area contributed by atoms with Crippen molar-refractivity contribution in [1.29, 1.82) is 0 Å². The summed E-state index contributed by atoms with van der Waals surface area (Å²) >= 11 is 0. The van der Waals surface area contributed by atoms with Crippen molar-refractivity contribution in [3.63, 3.8) is 0 Å². The highest BCUT2D eigenvalue weighted by atomic mass is 16.7. The van der Waals surface area contributed by atoms with E-state index in [0.29, 0.717) is 29.9 Å². The maximum Gasteiger partial charge on any atom is 0.186 e. The van der Waals surface area contributed by atoms with Crippen LogP contribution < -0.4 is 14.2 Å². The molecular formula is C26H36O11. The zero-order chi connectivity index (χ0) is 27.1. The Morgan fingerprint density at radius 1 is 0.919 bits per heavy atom. The van der Waals surface area contributed by atoms with Crippen LogP contribution in [0, 0.1) is 0 Å². The minimum absolute atomic E-state index is 0.0732. The third-order valence-electron chi connectivity index (χ3n) is 6.28. The van der Waals surface area contributed by atoms with Gasteiger partial charge in [-0.1, -0.05) is 12.1 Å². The minimum atomic E-state index is -1.35. The summed E-state index contributed by atoms with van der Waals surface area (Å²) in [6.45, 7) is 1.35. The van der Waals surface area contributed by atoms with Gasteiger partial charge < -0.3 is 54.3 Å². The first-order chi connectivity index (χ1) is 17.7. The maximum atomic E-state index is 10.8. The van der Waals surface area contributed by atoms with Crippen LogP contribution in [0.3, 0.4) is 0 Å².